The number of rotatable bonds is 1. The molecule has 0 amide bonds. The number of nitrogens with zero attached hydrogens (tertiary/aromatic N) is 2. The van der Waals surface area contributed by atoms with Crippen LogP contribution in [0.1, 0.15) is 25.5 Å². The Morgan fingerprint density at radius 3 is 2.58 bits per heavy atom. The molecular formula is C9H13N3. The summed E-state index contributed by atoms with van der Waals surface area (Å²) >= 11 is 0. The summed E-state index contributed by atoms with van der Waals surface area (Å²) in [5, 5.41) is 0. The van der Waals surface area contributed by atoms with Crippen LogP contribution in [-0.2, 0) is 0 Å². The van der Waals surface area contributed by atoms with E-state index in [1.165, 1.54) is 0 Å². The molecule has 1 aromatic heterocycles. The number of hydrogen-bond acceptors (Lipinski definition) is 3. The van der Waals surface area contributed by atoms with E-state index in [1.54, 1.807) is 12.5 Å². The third-order valence-corrected chi connectivity index (χ3v) is 2.83. The van der Waals surface area contributed by atoms with Crippen LogP contribution in [0.25, 0.3) is 0 Å². The molecule has 2 unspecified atom stereocenters. The van der Waals surface area contributed by atoms with E-state index < -0.39 is 0 Å². The molecule has 0 bridgehead atoms. The van der Waals surface area contributed by atoms with Crippen molar-refractivity contribution >= 4 is 0 Å². The molecule has 0 saturated heterocycles. The topological polar surface area (TPSA) is 51.8 Å². The maximum Gasteiger partial charge on any atom is 0.115 e. The van der Waals surface area contributed by atoms with Crippen molar-refractivity contribution < 1.29 is 0 Å². The van der Waals surface area contributed by atoms with E-state index in [1.807, 2.05) is 6.07 Å². The summed E-state index contributed by atoms with van der Waals surface area (Å²) in [4.78, 5) is 8.07. The summed E-state index contributed by atoms with van der Waals surface area (Å²) < 4.78 is 0. The molecule has 1 aromatic rings. The average Bonchev–Trinajstić information content (AvgIpc) is 2.53. The standard InChI is InChI=1S/C9H13N3/c1-9(2)7(8(9)10)6-3-4-11-5-12-6/h3-5,7-8H,10H2,1-2H3. The Morgan fingerprint density at radius 2 is 2.17 bits per heavy atom. The smallest absolute Gasteiger partial charge is 0.115 e. The Balaban J connectivity index is 2.25. The lowest BCUT2D eigenvalue weighted by molar-refractivity contribution is 0.595. The molecule has 1 aliphatic rings. The van der Waals surface area contributed by atoms with E-state index in [-0.39, 0.29) is 11.5 Å². The minimum atomic E-state index is 0.217. The molecule has 1 fully saturated rings. The fourth-order valence-electron chi connectivity index (χ4n) is 1.73. The molecule has 0 aliphatic heterocycles. The van der Waals surface area contributed by atoms with Crippen molar-refractivity contribution in [2.45, 2.75) is 25.8 Å². The van der Waals surface area contributed by atoms with E-state index in [9.17, 15) is 0 Å². The molecule has 1 heterocycles. The van der Waals surface area contributed by atoms with Crippen LogP contribution in [-0.4, -0.2) is 16.0 Å². The van der Waals surface area contributed by atoms with Crippen LogP contribution < -0.4 is 5.73 Å². The van der Waals surface area contributed by atoms with Crippen molar-refractivity contribution in [2.75, 3.05) is 0 Å². The third kappa shape index (κ3) is 0.932. The average molecular weight is 163 g/mol. The Labute approximate surface area is 72.0 Å². The van der Waals surface area contributed by atoms with Gasteiger partial charge >= 0.3 is 0 Å². The maximum atomic E-state index is 5.92. The van der Waals surface area contributed by atoms with Gasteiger partial charge in [-0.3, -0.25) is 0 Å². The van der Waals surface area contributed by atoms with Gasteiger partial charge in [-0.1, -0.05) is 13.8 Å². The minimum Gasteiger partial charge on any atom is -0.327 e. The van der Waals surface area contributed by atoms with Gasteiger partial charge in [0.05, 0.1) is 0 Å². The van der Waals surface area contributed by atoms with Gasteiger partial charge in [0.1, 0.15) is 6.33 Å². The summed E-state index contributed by atoms with van der Waals surface area (Å²) in [7, 11) is 0. The van der Waals surface area contributed by atoms with Crippen molar-refractivity contribution in [3.8, 4) is 0 Å². The van der Waals surface area contributed by atoms with Crippen LogP contribution in [0, 0.1) is 5.41 Å². The quantitative estimate of drug-likeness (QED) is 0.670. The molecule has 1 aliphatic carbocycles. The summed E-state index contributed by atoms with van der Waals surface area (Å²) in [6.45, 7) is 4.34. The summed E-state index contributed by atoms with van der Waals surface area (Å²) in [6, 6.07) is 2.20. The van der Waals surface area contributed by atoms with Gasteiger partial charge < -0.3 is 5.73 Å². The fourth-order valence-corrected chi connectivity index (χ4v) is 1.73. The first-order valence-corrected chi connectivity index (χ1v) is 4.15. The first-order valence-electron chi connectivity index (χ1n) is 4.15. The van der Waals surface area contributed by atoms with E-state index in [2.05, 4.69) is 23.8 Å². The highest BCUT2D eigenvalue weighted by Gasteiger charge is 2.56. The van der Waals surface area contributed by atoms with Crippen LogP contribution in [0.4, 0.5) is 0 Å². The lowest BCUT2D eigenvalue weighted by atomic mass is 10.1. The zero-order chi connectivity index (χ0) is 8.77. The summed E-state index contributed by atoms with van der Waals surface area (Å²) in [6.07, 6.45) is 3.35. The lowest BCUT2D eigenvalue weighted by Gasteiger charge is -1.99. The van der Waals surface area contributed by atoms with Crippen LogP contribution in [0.2, 0.25) is 0 Å². The maximum absolute atomic E-state index is 5.92. The second-order valence-corrected chi connectivity index (χ2v) is 3.96. The second kappa shape index (κ2) is 2.26. The predicted molar refractivity (Wildman–Crippen MR) is 46.5 cm³/mol. The van der Waals surface area contributed by atoms with Gasteiger partial charge in [-0.15, -0.1) is 0 Å². The zero-order valence-corrected chi connectivity index (χ0v) is 7.36. The second-order valence-electron chi connectivity index (χ2n) is 3.96. The van der Waals surface area contributed by atoms with E-state index in [0.29, 0.717) is 5.92 Å². The molecule has 64 valence electrons. The van der Waals surface area contributed by atoms with Crippen LogP contribution in [0.3, 0.4) is 0 Å². The van der Waals surface area contributed by atoms with Gasteiger partial charge in [-0.2, -0.15) is 0 Å². The molecule has 2 atom stereocenters. The molecule has 0 spiro atoms. The van der Waals surface area contributed by atoms with Gasteiger partial charge in [0.25, 0.3) is 0 Å². The molecule has 0 radical (unpaired) electrons. The Hall–Kier alpha value is -0.960. The number of aromatic nitrogens is 2. The summed E-state index contributed by atoms with van der Waals surface area (Å²) in [5.41, 5.74) is 7.20. The van der Waals surface area contributed by atoms with Crippen LogP contribution in [0.15, 0.2) is 18.6 Å². The Kier molecular flexibility index (Phi) is 1.45. The highest BCUT2D eigenvalue weighted by atomic mass is 14.9. The van der Waals surface area contributed by atoms with Crippen molar-refractivity contribution in [2.24, 2.45) is 11.1 Å². The van der Waals surface area contributed by atoms with Gasteiger partial charge in [-0.05, 0) is 11.5 Å². The van der Waals surface area contributed by atoms with Crippen LogP contribution >= 0.6 is 0 Å². The lowest BCUT2D eigenvalue weighted by Crippen LogP contribution is -2.06. The molecule has 3 heteroatoms. The van der Waals surface area contributed by atoms with Gasteiger partial charge in [0, 0.05) is 23.9 Å². The van der Waals surface area contributed by atoms with Gasteiger partial charge in [0.2, 0.25) is 0 Å². The molecule has 12 heavy (non-hydrogen) atoms. The van der Waals surface area contributed by atoms with E-state index in [4.69, 9.17) is 5.73 Å². The molecule has 1 saturated carbocycles. The molecule has 0 aromatic carbocycles. The Bertz CT molecular complexity index is 281. The van der Waals surface area contributed by atoms with Crippen molar-refractivity contribution in [1.82, 2.24) is 9.97 Å². The number of hydrogen-bond donors (Lipinski definition) is 1. The van der Waals surface area contributed by atoms with Crippen molar-refractivity contribution in [3.05, 3.63) is 24.3 Å². The third-order valence-electron chi connectivity index (χ3n) is 2.83. The van der Waals surface area contributed by atoms with Gasteiger partial charge in [-0.25, -0.2) is 9.97 Å². The predicted octanol–water partition coefficient (Wildman–Crippen LogP) is 0.927. The molecule has 3 nitrogen and oxygen atoms in total. The van der Waals surface area contributed by atoms with E-state index >= 15 is 0 Å². The zero-order valence-electron chi connectivity index (χ0n) is 7.36. The van der Waals surface area contributed by atoms with Crippen molar-refractivity contribution in [3.63, 3.8) is 0 Å². The molecule has 2 rings (SSSR count). The Morgan fingerprint density at radius 1 is 1.50 bits per heavy atom. The molecular weight excluding hydrogens is 150 g/mol. The highest BCUT2D eigenvalue weighted by Crippen LogP contribution is 2.56. The first-order chi connectivity index (χ1) is 5.64. The number of nitrogens with two attached hydrogens (primary N) is 1. The highest BCUT2D eigenvalue weighted by molar-refractivity contribution is 5.27. The fraction of sp³-hybridized carbons (Fsp3) is 0.556. The monoisotopic (exact) mass is 163 g/mol. The summed E-state index contributed by atoms with van der Waals surface area (Å²) in [5.74, 6) is 0.417. The van der Waals surface area contributed by atoms with Gasteiger partial charge in [0.15, 0.2) is 0 Å². The first kappa shape index (κ1) is 7.68. The normalized spacial score (nSPS) is 31.6. The largest absolute Gasteiger partial charge is 0.327 e. The van der Waals surface area contributed by atoms with Crippen LogP contribution in [0.5, 0.6) is 0 Å². The van der Waals surface area contributed by atoms with E-state index in [0.717, 1.165) is 5.69 Å². The minimum absolute atomic E-state index is 0.217. The molecule has 2 N–H and O–H groups in total. The SMILES string of the molecule is CC1(C)C(N)C1c1ccncn1. The van der Waals surface area contributed by atoms with Crippen molar-refractivity contribution in [1.29, 1.82) is 0 Å².